The number of hydrogen-bond donors (Lipinski definition) is 2. The number of anilines is 2. The molecule has 2 aromatic rings. The molecule has 0 aromatic heterocycles. The lowest BCUT2D eigenvalue weighted by atomic mass is 10.1. The van der Waals surface area contributed by atoms with Crippen molar-refractivity contribution in [2.24, 2.45) is 0 Å². The molecule has 3 heteroatoms. The van der Waals surface area contributed by atoms with Gasteiger partial charge in [-0.25, -0.2) is 0 Å². The van der Waals surface area contributed by atoms with E-state index in [0.717, 1.165) is 22.3 Å². The van der Waals surface area contributed by atoms with E-state index in [2.05, 4.69) is 52.4 Å². The van der Waals surface area contributed by atoms with Crippen molar-refractivity contribution >= 4 is 27.3 Å². The summed E-state index contributed by atoms with van der Waals surface area (Å²) in [5.41, 5.74) is 9.05. The van der Waals surface area contributed by atoms with E-state index in [4.69, 9.17) is 5.73 Å². The second-order valence-corrected chi connectivity index (χ2v) is 5.38. The summed E-state index contributed by atoms with van der Waals surface area (Å²) in [6, 6.07) is 16.7. The van der Waals surface area contributed by atoms with Crippen molar-refractivity contribution < 1.29 is 0 Å². The number of benzene rings is 2. The fourth-order valence-electron chi connectivity index (χ4n) is 1.95. The van der Waals surface area contributed by atoms with Crippen LogP contribution in [0.25, 0.3) is 0 Å². The summed E-state index contributed by atoms with van der Waals surface area (Å²) in [5.74, 6) is 0. The van der Waals surface area contributed by atoms with Crippen LogP contribution < -0.4 is 11.1 Å². The van der Waals surface area contributed by atoms with Crippen LogP contribution in [0.15, 0.2) is 53.0 Å². The molecule has 1 unspecified atom stereocenters. The van der Waals surface area contributed by atoms with Crippen LogP contribution in [0.4, 0.5) is 11.4 Å². The largest absolute Gasteiger partial charge is 0.397 e. The zero-order chi connectivity index (χ0) is 13.0. The summed E-state index contributed by atoms with van der Waals surface area (Å²) < 4.78 is 1.00. The van der Waals surface area contributed by atoms with E-state index in [0.29, 0.717) is 6.04 Å². The van der Waals surface area contributed by atoms with Gasteiger partial charge in [-0.15, -0.1) is 0 Å². The van der Waals surface area contributed by atoms with Crippen molar-refractivity contribution in [2.45, 2.75) is 19.4 Å². The number of nitrogens with two attached hydrogens (primary N) is 1. The average molecular weight is 305 g/mol. The highest BCUT2D eigenvalue weighted by Gasteiger charge is 2.06. The van der Waals surface area contributed by atoms with E-state index in [9.17, 15) is 0 Å². The highest BCUT2D eigenvalue weighted by Crippen LogP contribution is 2.24. The molecule has 2 aromatic carbocycles. The van der Waals surface area contributed by atoms with Gasteiger partial charge in [-0.3, -0.25) is 0 Å². The van der Waals surface area contributed by atoms with Crippen molar-refractivity contribution in [1.29, 1.82) is 0 Å². The van der Waals surface area contributed by atoms with E-state index in [-0.39, 0.29) is 0 Å². The van der Waals surface area contributed by atoms with E-state index in [1.165, 1.54) is 5.56 Å². The molecule has 0 amide bonds. The van der Waals surface area contributed by atoms with Gasteiger partial charge in [0.2, 0.25) is 0 Å². The van der Waals surface area contributed by atoms with Crippen molar-refractivity contribution in [3.8, 4) is 0 Å². The van der Waals surface area contributed by atoms with Gasteiger partial charge in [-0.05, 0) is 37.1 Å². The fraction of sp³-hybridized carbons (Fsp3) is 0.200. The maximum atomic E-state index is 5.97. The Hall–Kier alpha value is -1.48. The summed E-state index contributed by atoms with van der Waals surface area (Å²) in [6.07, 6.45) is 0.982. The molecule has 18 heavy (non-hydrogen) atoms. The summed E-state index contributed by atoms with van der Waals surface area (Å²) in [4.78, 5) is 0. The Labute approximate surface area is 116 Å². The second kappa shape index (κ2) is 5.91. The first-order valence-corrected chi connectivity index (χ1v) is 6.80. The van der Waals surface area contributed by atoms with E-state index in [1.807, 2.05) is 24.3 Å². The standard InChI is InChI=1S/C15H17BrN2/c1-11(9-12-5-3-2-4-6-12)18-15-8-7-13(16)10-14(15)17/h2-8,10-11,18H,9,17H2,1H3. The van der Waals surface area contributed by atoms with Crippen molar-refractivity contribution in [3.63, 3.8) is 0 Å². The van der Waals surface area contributed by atoms with Crippen molar-refractivity contribution in [1.82, 2.24) is 0 Å². The number of nitrogen functional groups attached to an aromatic ring is 1. The summed E-state index contributed by atoms with van der Waals surface area (Å²) in [5, 5.41) is 3.44. The molecule has 0 aliphatic heterocycles. The minimum absolute atomic E-state index is 0.343. The lowest BCUT2D eigenvalue weighted by Crippen LogP contribution is -2.18. The van der Waals surface area contributed by atoms with Crippen LogP contribution in [0.3, 0.4) is 0 Å². The van der Waals surface area contributed by atoms with E-state index >= 15 is 0 Å². The average Bonchev–Trinajstić information content (AvgIpc) is 2.34. The van der Waals surface area contributed by atoms with Crippen LogP contribution in [0.1, 0.15) is 12.5 Å². The van der Waals surface area contributed by atoms with Crippen LogP contribution in [-0.4, -0.2) is 6.04 Å². The molecule has 3 N–H and O–H groups in total. The van der Waals surface area contributed by atoms with Gasteiger partial charge in [0.05, 0.1) is 11.4 Å². The fourth-order valence-corrected chi connectivity index (χ4v) is 2.33. The number of nitrogens with one attached hydrogen (secondary N) is 1. The van der Waals surface area contributed by atoms with Gasteiger partial charge < -0.3 is 11.1 Å². The van der Waals surface area contributed by atoms with Crippen molar-refractivity contribution in [2.75, 3.05) is 11.1 Å². The quantitative estimate of drug-likeness (QED) is 0.836. The SMILES string of the molecule is CC(Cc1ccccc1)Nc1ccc(Br)cc1N. The third-order valence-electron chi connectivity index (χ3n) is 2.80. The lowest BCUT2D eigenvalue weighted by molar-refractivity contribution is 0.791. The number of halogens is 1. The Kier molecular flexibility index (Phi) is 4.26. The van der Waals surface area contributed by atoms with Crippen molar-refractivity contribution in [3.05, 3.63) is 58.6 Å². The third-order valence-corrected chi connectivity index (χ3v) is 3.29. The third kappa shape index (κ3) is 3.50. The Morgan fingerprint density at radius 1 is 1.17 bits per heavy atom. The molecule has 0 bridgehead atoms. The van der Waals surface area contributed by atoms with Gasteiger partial charge in [0, 0.05) is 10.5 Å². The van der Waals surface area contributed by atoms with Crippen LogP contribution in [0.5, 0.6) is 0 Å². The molecule has 0 aliphatic rings. The van der Waals surface area contributed by atoms with Gasteiger partial charge in [0.1, 0.15) is 0 Å². The topological polar surface area (TPSA) is 38.0 Å². The molecule has 0 saturated carbocycles. The Bertz CT molecular complexity index is 511. The molecule has 0 fully saturated rings. The summed E-state index contributed by atoms with van der Waals surface area (Å²) in [7, 11) is 0. The normalized spacial score (nSPS) is 12.1. The first-order chi connectivity index (χ1) is 8.65. The Morgan fingerprint density at radius 2 is 1.89 bits per heavy atom. The summed E-state index contributed by atoms with van der Waals surface area (Å²) >= 11 is 3.41. The van der Waals surface area contributed by atoms with Crippen LogP contribution in [0.2, 0.25) is 0 Å². The number of hydrogen-bond acceptors (Lipinski definition) is 2. The zero-order valence-corrected chi connectivity index (χ0v) is 11.9. The second-order valence-electron chi connectivity index (χ2n) is 4.47. The van der Waals surface area contributed by atoms with E-state index in [1.54, 1.807) is 0 Å². The predicted octanol–water partition coefficient (Wildman–Crippen LogP) is 4.07. The maximum absolute atomic E-state index is 5.97. The van der Waals surface area contributed by atoms with Gasteiger partial charge in [0.25, 0.3) is 0 Å². The molecule has 0 heterocycles. The first-order valence-electron chi connectivity index (χ1n) is 6.00. The first kappa shape index (κ1) is 13.0. The minimum Gasteiger partial charge on any atom is -0.397 e. The zero-order valence-electron chi connectivity index (χ0n) is 10.4. The molecule has 1 atom stereocenters. The molecule has 2 rings (SSSR count). The molecular weight excluding hydrogens is 288 g/mol. The Balaban J connectivity index is 2.01. The molecule has 0 spiro atoms. The van der Waals surface area contributed by atoms with Crippen LogP contribution >= 0.6 is 15.9 Å². The smallest absolute Gasteiger partial charge is 0.0576 e. The molecular formula is C15H17BrN2. The summed E-state index contributed by atoms with van der Waals surface area (Å²) in [6.45, 7) is 2.16. The van der Waals surface area contributed by atoms with Gasteiger partial charge in [-0.1, -0.05) is 46.3 Å². The number of rotatable bonds is 4. The molecule has 0 saturated heterocycles. The molecule has 0 radical (unpaired) electrons. The molecule has 0 aliphatic carbocycles. The monoisotopic (exact) mass is 304 g/mol. The van der Waals surface area contributed by atoms with Crippen LogP contribution in [-0.2, 0) is 6.42 Å². The minimum atomic E-state index is 0.343. The highest BCUT2D eigenvalue weighted by atomic mass is 79.9. The van der Waals surface area contributed by atoms with Gasteiger partial charge >= 0.3 is 0 Å². The maximum Gasteiger partial charge on any atom is 0.0576 e. The molecule has 2 nitrogen and oxygen atoms in total. The molecule has 94 valence electrons. The van der Waals surface area contributed by atoms with E-state index < -0.39 is 0 Å². The van der Waals surface area contributed by atoms with Gasteiger partial charge in [0.15, 0.2) is 0 Å². The Morgan fingerprint density at radius 3 is 2.56 bits per heavy atom. The van der Waals surface area contributed by atoms with Gasteiger partial charge in [-0.2, -0.15) is 0 Å². The predicted molar refractivity (Wildman–Crippen MR) is 81.8 cm³/mol. The lowest BCUT2D eigenvalue weighted by Gasteiger charge is -2.17. The van der Waals surface area contributed by atoms with Crippen LogP contribution in [0, 0.1) is 0 Å². The highest BCUT2D eigenvalue weighted by molar-refractivity contribution is 9.10.